The summed E-state index contributed by atoms with van der Waals surface area (Å²) in [6.07, 6.45) is 0.735. The molecular formula is C9H13NO2. The lowest BCUT2D eigenvalue weighted by atomic mass is 10.2. The first-order valence-electron chi connectivity index (χ1n) is 3.99. The fourth-order valence-corrected chi connectivity index (χ4v) is 1.15. The maximum Gasteiger partial charge on any atom is 0.253 e. The highest BCUT2D eigenvalue weighted by atomic mass is 16.3. The summed E-state index contributed by atoms with van der Waals surface area (Å²) in [6, 6.07) is 3.55. The van der Waals surface area contributed by atoms with E-state index in [-0.39, 0.29) is 12.2 Å². The molecule has 1 N–H and O–H groups in total. The van der Waals surface area contributed by atoms with Gasteiger partial charge in [-0.3, -0.25) is 4.79 Å². The molecule has 0 amide bonds. The molecule has 0 unspecified atom stereocenters. The average Bonchev–Trinajstić information content (AvgIpc) is 2.10. The third-order valence-corrected chi connectivity index (χ3v) is 2.03. The Morgan fingerprint density at radius 3 is 2.67 bits per heavy atom. The molecule has 0 radical (unpaired) electrons. The van der Waals surface area contributed by atoms with Crippen LogP contribution in [0.2, 0.25) is 0 Å². The smallest absolute Gasteiger partial charge is 0.253 e. The molecule has 0 aliphatic rings. The van der Waals surface area contributed by atoms with E-state index in [4.69, 9.17) is 5.11 Å². The molecule has 0 atom stereocenters. The second kappa shape index (κ2) is 3.54. The van der Waals surface area contributed by atoms with Crippen molar-refractivity contribution in [2.75, 3.05) is 0 Å². The van der Waals surface area contributed by atoms with Gasteiger partial charge in [0.15, 0.2) is 0 Å². The van der Waals surface area contributed by atoms with Crippen LogP contribution in [0.3, 0.4) is 0 Å². The van der Waals surface area contributed by atoms with Gasteiger partial charge in [-0.2, -0.15) is 0 Å². The Balaban J connectivity index is 3.30. The van der Waals surface area contributed by atoms with Gasteiger partial charge in [-0.15, -0.1) is 0 Å². The van der Waals surface area contributed by atoms with Crippen molar-refractivity contribution in [3.05, 3.63) is 33.7 Å². The van der Waals surface area contributed by atoms with Crippen LogP contribution in [0.25, 0.3) is 0 Å². The van der Waals surface area contributed by atoms with Crippen LogP contribution in [-0.2, 0) is 20.1 Å². The normalized spacial score (nSPS) is 10.2. The topological polar surface area (TPSA) is 42.2 Å². The van der Waals surface area contributed by atoms with E-state index >= 15 is 0 Å². The standard InChI is InChI=1S/C9H13NO2/c1-3-7-4-5-8(6-11)10(2)9(7)12/h4-5,11H,3,6H2,1-2H3. The van der Waals surface area contributed by atoms with E-state index in [1.165, 1.54) is 4.57 Å². The first kappa shape index (κ1) is 9.00. The van der Waals surface area contributed by atoms with Gasteiger partial charge in [-0.05, 0) is 12.5 Å². The minimum atomic E-state index is -0.0876. The van der Waals surface area contributed by atoms with E-state index in [2.05, 4.69) is 0 Å². The number of aryl methyl sites for hydroxylation is 1. The van der Waals surface area contributed by atoms with Crippen molar-refractivity contribution in [1.29, 1.82) is 0 Å². The molecule has 0 fully saturated rings. The molecule has 0 spiro atoms. The molecule has 1 aromatic heterocycles. The third-order valence-electron chi connectivity index (χ3n) is 2.03. The zero-order valence-electron chi connectivity index (χ0n) is 7.37. The predicted octanol–water partition coefficient (Wildman–Crippen LogP) is 0.440. The number of aromatic nitrogens is 1. The number of rotatable bonds is 2. The highest BCUT2D eigenvalue weighted by Gasteiger charge is 2.01. The summed E-state index contributed by atoms with van der Waals surface area (Å²) in [5, 5.41) is 8.85. The second-order valence-corrected chi connectivity index (χ2v) is 2.73. The Morgan fingerprint density at radius 2 is 2.17 bits per heavy atom. The van der Waals surface area contributed by atoms with Crippen LogP contribution in [-0.4, -0.2) is 9.67 Å². The molecule has 12 heavy (non-hydrogen) atoms. The maximum absolute atomic E-state index is 11.4. The maximum atomic E-state index is 11.4. The fraction of sp³-hybridized carbons (Fsp3) is 0.444. The monoisotopic (exact) mass is 167 g/mol. The Morgan fingerprint density at radius 1 is 1.50 bits per heavy atom. The van der Waals surface area contributed by atoms with Gasteiger partial charge in [0.1, 0.15) is 0 Å². The second-order valence-electron chi connectivity index (χ2n) is 2.73. The number of aliphatic hydroxyl groups excluding tert-OH is 1. The summed E-state index contributed by atoms with van der Waals surface area (Å²) in [4.78, 5) is 11.4. The zero-order valence-corrected chi connectivity index (χ0v) is 7.37. The summed E-state index contributed by atoms with van der Waals surface area (Å²) in [5.74, 6) is 0. The van der Waals surface area contributed by atoms with Crippen molar-refractivity contribution in [2.45, 2.75) is 20.0 Å². The molecule has 0 saturated heterocycles. The molecule has 66 valence electrons. The van der Waals surface area contributed by atoms with Crippen LogP contribution in [0.15, 0.2) is 16.9 Å². The van der Waals surface area contributed by atoms with E-state index in [0.717, 1.165) is 12.0 Å². The Labute approximate surface area is 71.3 Å². The van der Waals surface area contributed by atoms with Gasteiger partial charge in [-0.1, -0.05) is 13.0 Å². The molecule has 3 nitrogen and oxygen atoms in total. The Hall–Kier alpha value is -1.09. The zero-order chi connectivity index (χ0) is 9.14. The number of hydrogen-bond acceptors (Lipinski definition) is 2. The van der Waals surface area contributed by atoms with E-state index in [0.29, 0.717) is 5.69 Å². The van der Waals surface area contributed by atoms with Crippen molar-refractivity contribution >= 4 is 0 Å². The largest absolute Gasteiger partial charge is 0.390 e. The van der Waals surface area contributed by atoms with Crippen molar-refractivity contribution < 1.29 is 5.11 Å². The molecule has 3 heteroatoms. The lowest BCUT2D eigenvalue weighted by molar-refractivity contribution is 0.271. The third kappa shape index (κ3) is 1.41. The lowest BCUT2D eigenvalue weighted by Crippen LogP contribution is -2.23. The van der Waals surface area contributed by atoms with Crippen LogP contribution in [0.1, 0.15) is 18.2 Å². The number of pyridine rings is 1. The van der Waals surface area contributed by atoms with Crippen LogP contribution >= 0.6 is 0 Å². The van der Waals surface area contributed by atoms with Gasteiger partial charge >= 0.3 is 0 Å². The SMILES string of the molecule is CCc1ccc(CO)n(C)c1=O. The lowest BCUT2D eigenvalue weighted by Gasteiger charge is -2.06. The quantitative estimate of drug-likeness (QED) is 0.694. The minimum Gasteiger partial charge on any atom is -0.390 e. The van der Waals surface area contributed by atoms with E-state index in [1.807, 2.05) is 6.92 Å². The number of nitrogens with zero attached hydrogens (tertiary/aromatic N) is 1. The summed E-state index contributed by atoms with van der Waals surface area (Å²) in [6.45, 7) is 1.85. The van der Waals surface area contributed by atoms with Gasteiger partial charge in [0.2, 0.25) is 0 Å². The van der Waals surface area contributed by atoms with Gasteiger partial charge in [0.25, 0.3) is 5.56 Å². The van der Waals surface area contributed by atoms with Crippen LogP contribution in [0, 0.1) is 0 Å². The molecular weight excluding hydrogens is 154 g/mol. The summed E-state index contributed by atoms with van der Waals surface area (Å²) in [5.41, 5.74) is 1.43. The first-order chi connectivity index (χ1) is 5.70. The minimum absolute atomic E-state index is 0.0101. The summed E-state index contributed by atoms with van der Waals surface area (Å²) >= 11 is 0. The molecule has 0 aliphatic heterocycles. The van der Waals surface area contributed by atoms with Gasteiger partial charge in [0, 0.05) is 18.3 Å². The Bertz CT molecular complexity index is 328. The van der Waals surface area contributed by atoms with Crippen LogP contribution < -0.4 is 5.56 Å². The van der Waals surface area contributed by atoms with Gasteiger partial charge in [0.05, 0.1) is 6.61 Å². The molecule has 0 aromatic carbocycles. The highest BCUT2D eigenvalue weighted by molar-refractivity contribution is 5.15. The van der Waals surface area contributed by atoms with Crippen LogP contribution in [0.5, 0.6) is 0 Å². The van der Waals surface area contributed by atoms with Crippen molar-refractivity contribution in [2.24, 2.45) is 7.05 Å². The molecule has 1 heterocycles. The molecule has 1 aromatic rings. The number of aliphatic hydroxyl groups is 1. The van der Waals surface area contributed by atoms with E-state index in [1.54, 1.807) is 19.2 Å². The van der Waals surface area contributed by atoms with E-state index in [9.17, 15) is 4.79 Å². The summed E-state index contributed by atoms with van der Waals surface area (Å²) < 4.78 is 1.48. The molecule has 1 rings (SSSR count). The fourth-order valence-electron chi connectivity index (χ4n) is 1.15. The van der Waals surface area contributed by atoms with Crippen molar-refractivity contribution in [1.82, 2.24) is 4.57 Å². The first-order valence-corrected chi connectivity index (χ1v) is 3.99. The predicted molar refractivity (Wildman–Crippen MR) is 47.0 cm³/mol. The molecule has 0 aliphatic carbocycles. The highest BCUT2D eigenvalue weighted by Crippen LogP contribution is 1.98. The molecule has 0 bridgehead atoms. The van der Waals surface area contributed by atoms with Crippen molar-refractivity contribution in [3.8, 4) is 0 Å². The molecule has 0 saturated carbocycles. The van der Waals surface area contributed by atoms with E-state index < -0.39 is 0 Å². The van der Waals surface area contributed by atoms with Crippen molar-refractivity contribution in [3.63, 3.8) is 0 Å². The van der Waals surface area contributed by atoms with Gasteiger partial charge < -0.3 is 9.67 Å². The van der Waals surface area contributed by atoms with Crippen LogP contribution in [0.4, 0.5) is 0 Å². The Kier molecular flexibility index (Phi) is 2.65. The average molecular weight is 167 g/mol. The van der Waals surface area contributed by atoms with Gasteiger partial charge in [-0.25, -0.2) is 0 Å². The summed E-state index contributed by atoms with van der Waals surface area (Å²) in [7, 11) is 1.67. The number of hydrogen-bond donors (Lipinski definition) is 1.